The van der Waals surface area contributed by atoms with Crippen LogP contribution in [0.3, 0.4) is 0 Å². The number of sulfonamides is 1. The average molecular weight is 472 g/mol. The number of benzene rings is 2. The van der Waals surface area contributed by atoms with Gasteiger partial charge in [-0.05, 0) is 55.2 Å². The highest BCUT2D eigenvalue weighted by atomic mass is 32.2. The Morgan fingerprint density at radius 3 is 2.48 bits per heavy atom. The summed E-state index contributed by atoms with van der Waals surface area (Å²) >= 11 is 0. The predicted molar refractivity (Wildman–Crippen MR) is 133 cm³/mol. The van der Waals surface area contributed by atoms with Crippen molar-refractivity contribution in [3.63, 3.8) is 0 Å². The van der Waals surface area contributed by atoms with Crippen LogP contribution in [0.4, 0.5) is 17.1 Å². The smallest absolute Gasteiger partial charge is 0.229 e. The summed E-state index contributed by atoms with van der Waals surface area (Å²) in [4.78, 5) is 16.5. The highest BCUT2D eigenvalue weighted by molar-refractivity contribution is 7.92. The lowest BCUT2D eigenvalue weighted by Crippen LogP contribution is -2.50. The molecule has 8 heteroatoms. The van der Waals surface area contributed by atoms with Crippen molar-refractivity contribution in [2.75, 3.05) is 34.1 Å². The molecule has 0 saturated heterocycles. The van der Waals surface area contributed by atoms with E-state index in [0.717, 1.165) is 41.6 Å². The van der Waals surface area contributed by atoms with Crippen molar-refractivity contribution >= 4 is 33.0 Å². The van der Waals surface area contributed by atoms with Gasteiger partial charge in [0.1, 0.15) is 6.73 Å². The Balaban J connectivity index is 1.66. The second-order valence-corrected chi connectivity index (χ2v) is 10.9. The average Bonchev–Trinajstić information content (AvgIpc) is 2.76. The van der Waals surface area contributed by atoms with E-state index in [1.165, 1.54) is 19.3 Å². The first-order valence-electron chi connectivity index (χ1n) is 11.6. The number of hydrogen-bond acceptors (Lipinski definition) is 5. The Labute approximate surface area is 196 Å². The number of rotatable bonds is 6. The highest BCUT2D eigenvalue weighted by Gasteiger charge is 2.31. The zero-order valence-electron chi connectivity index (χ0n) is 19.6. The topological polar surface area (TPSA) is 79.0 Å². The van der Waals surface area contributed by atoms with E-state index in [0.29, 0.717) is 25.1 Å². The molecule has 33 heavy (non-hydrogen) atoms. The van der Waals surface area contributed by atoms with E-state index >= 15 is 0 Å². The second-order valence-electron chi connectivity index (χ2n) is 9.17. The molecule has 2 aromatic carbocycles. The normalized spacial score (nSPS) is 19.3. The van der Waals surface area contributed by atoms with E-state index < -0.39 is 10.0 Å². The third-order valence-corrected chi connectivity index (χ3v) is 6.96. The standard InChI is InChI=1S/C25H33N3O4S/c1-18-16-27(17-32-23-10-5-4-6-11-23)25-15-21(12-13-24(25)28(18)19(2)29)20-8-7-9-22(14-20)26-33(3,30)31/h7-9,12-15,18,23,26H,4-6,10-11,16-17H2,1-3H3/t18-/m0/s1. The fraction of sp³-hybridized carbons (Fsp3) is 0.480. The Bertz CT molecular complexity index is 1110. The van der Waals surface area contributed by atoms with E-state index in [4.69, 9.17) is 4.74 Å². The van der Waals surface area contributed by atoms with Gasteiger partial charge in [0, 0.05) is 19.2 Å². The third kappa shape index (κ3) is 5.68. The van der Waals surface area contributed by atoms with Crippen LogP contribution in [0.5, 0.6) is 0 Å². The molecule has 2 aromatic rings. The monoisotopic (exact) mass is 471 g/mol. The minimum absolute atomic E-state index is 0.0173. The van der Waals surface area contributed by atoms with Crippen LogP contribution in [0.25, 0.3) is 11.1 Å². The largest absolute Gasteiger partial charge is 0.358 e. The first-order chi connectivity index (χ1) is 15.7. The van der Waals surface area contributed by atoms with Gasteiger partial charge in [0.2, 0.25) is 15.9 Å². The van der Waals surface area contributed by atoms with E-state index in [1.807, 2.05) is 35.2 Å². The summed E-state index contributed by atoms with van der Waals surface area (Å²) in [6.45, 7) is 4.85. The van der Waals surface area contributed by atoms with Crippen molar-refractivity contribution < 1.29 is 17.9 Å². The van der Waals surface area contributed by atoms with Gasteiger partial charge in [-0.2, -0.15) is 0 Å². The molecular formula is C25H33N3O4S. The summed E-state index contributed by atoms with van der Waals surface area (Å²) in [5.41, 5.74) is 4.20. The summed E-state index contributed by atoms with van der Waals surface area (Å²) in [5, 5.41) is 0. The quantitative estimate of drug-likeness (QED) is 0.666. The van der Waals surface area contributed by atoms with Crippen LogP contribution in [0.2, 0.25) is 0 Å². The molecule has 0 spiro atoms. The molecule has 2 aliphatic rings. The van der Waals surface area contributed by atoms with Crippen molar-refractivity contribution in [3.05, 3.63) is 42.5 Å². The van der Waals surface area contributed by atoms with Gasteiger partial charge in [0.25, 0.3) is 0 Å². The lowest BCUT2D eigenvalue weighted by Gasteiger charge is -2.42. The molecule has 0 bridgehead atoms. The molecule has 178 valence electrons. The number of carbonyl (C=O) groups is 1. The Kier molecular flexibility index (Phi) is 6.95. The zero-order chi connectivity index (χ0) is 23.6. The van der Waals surface area contributed by atoms with Gasteiger partial charge in [-0.15, -0.1) is 0 Å². The van der Waals surface area contributed by atoms with Crippen LogP contribution in [-0.4, -0.2) is 46.0 Å². The number of carbonyl (C=O) groups excluding carboxylic acids is 1. The van der Waals surface area contributed by atoms with Gasteiger partial charge in [-0.1, -0.05) is 37.5 Å². The maximum Gasteiger partial charge on any atom is 0.229 e. The second kappa shape index (κ2) is 9.73. The van der Waals surface area contributed by atoms with E-state index in [1.54, 1.807) is 13.0 Å². The fourth-order valence-electron chi connectivity index (χ4n) is 4.90. The lowest BCUT2D eigenvalue weighted by molar-refractivity contribution is -0.117. The van der Waals surface area contributed by atoms with Crippen LogP contribution >= 0.6 is 0 Å². The van der Waals surface area contributed by atoms with Gasteiger partial charge < -0.3 is 14.5 Å². The van der Waals surface area contributed by atoms with Gasteiger partial charge in [0.05, 0.1) is 29.8 Å². The Morgan fingerprint density at radius 1 is 1.06 bits per heavy atom. The van der Waals surface area contributed by atoms with E-state index in [2.05, 4.69) is 22.6 Å². The summed E-state index contributed by atoms with van der Waals surface area (Å²) in [6.07, 6.45) is 7.38. The Hall–Kier alpha value is -2.58. The SMILES string of the molecule is CC(=O)N1c2ccc(-c3cccc(NS(C)(=O)=O)c3)cc2N(COC2CCCCC2)C[C@@H]1C. The minimum Gasteiger partial charge on any atom is -0.358 e. The number of fused-ring (bicyclic) bond motifs is 1. The first kappa shape index (κ1) is 23.6. The van der Waals surface area contributed by atoms with Crippen molar-refractivity contribution in [2.24, 2.45) is 0 Å². The van der Waals surface area contributed by atoms with E-state index in [9.17, 15) is 13.2 Å². The van der Waals surface area contributed by atoms with Crippen molar-refractivity contribution in [3.8, 4) is 11.1 Å². The molecule has 4 rings (SSSR count). The summed E-state index contributed by atoms with van der Waals surface area (Å²) in [7, 11) is -3.36. The Morgan fingerprint density at radius 2 is 1.79 bits per heavy atom. The predicted octanol–water partition coefficient (Wildman–Crippen LogP) is 4.59. The molecule has 1 N–H and O–H groups in total. The number of amides is 1. The summed E-state index contributed by atoms with van der Waals surface area (Å²) in [6, 6.07) is 13.4. The molecule has 1 saturated carbocycles. The van der Waals surface area contributed by atoms with Crippen LogP contribution in [0.15, 0.2) is 42.5 Å². The molecule has 7 nitrogen and oxygen atoms in total. The number of hydrogen-bond donors (Lipinski definition) is 1. The van der Waals surface area contributed by atoms with Gasteiger partial charge in [0.15, 0.2) is 0 Å². The molecule has 1 heterocycles. The molecule has 1 fully saturated rings. The zero-order valence-corrected chi connectivity index (χ0v) is 20.4. The molecule has 1 aliphatic carbocycles. The number of nitrogens with one attached hydrogen (secondary N) is 1. The highest BCUT2D eigenvalue weighted by Crippen LogP contribution is 2.39. The van der Waals surface area contributed by atoms with Crippen molar-refractivity contribution in [1.29, 1.82) is 0 Å². The molecule has 1 aliphatic heterocycles. The minimum atomic E-state index is -3.36. The van der Waals surface area contributed by atoms with Crippen LogP contribution < -0.4 is 14.5 Å². The van der Waals surface area contributed by atoms with Gasteiger partial charge in [-0.3, -0.25) is 9.52 Å². The van der Waals surface area contributed by atoms with Crippen LogP contribution in [0, 0.1) is 0 Å². The summed E-state index contributed by atoms with van der Waals surface area (Å²) in [5.74, 6) is 0.0173. The molecule has 0 unspecified atom stereocenters. The van der Waals surface area contributed by atoms with Crippen LogP contribution in [0.1, 0.15) is 46.0 Å². The van der Waals surface area contributed by atoms with Crippen molar-refractivity contribution in [1.82, 2.24) is 0 Å². The number of nitrogens with zero attached hydrogens (tertiary/aromatic N) is 2. The molecule has 1 amide bonds. The summed E-state index contributed by atoms with van der Waals surface area (Å²) < 4.78 is 32.1. The number of ether oxygens (including phenoxy) is 1. The van der Waals surface area contributed by atoms with Crippen LogP contribution in [-0.2, 0) is 19.6 Å². The third-order valence-electron chi connectivity index (χ3n) is 6.36. The fourth-order valence-corrected chi connectivity index (χ4v) is 5.46. The van der Waals surface area contributed by atoms with Crippen molar-refractivity contribution in [2.45, 2.75) is 58.1 Å². The molecular weight excluding hydrogens is 438 g/mol. The molecule has 0 radical (unpaired) electrons. The molecule has 0 aromatic heterocycles. The molecule has 1 atom stereocenters. The van der Waals surface area contributed by atoms with E-state index in [-0.39, 0.29) is 11.9 Å². The van der Waals surface area contributed by atoms with Gasteiger partial charge in [-0.25, -0.2) is 8.42 Å². The number of anilines is 3. The maximum atomic E-state index is 12.4. The van der Waals surface area contributed by atoms with Gasteiger partial charge >= 0.3 is 0 Å². The first-order valence-corrected chi connectivity index (χ1v) is 13.5. The maximum absolute atomic E-state index is 12.4. The lowest BCUT2D eigenvalue weighted by atomic mass is 9.98.